The highest BCUT2D eigenvalue weighted by Crippen LogP contribution is 2.31. The molecule has 0 aromatic heterocycles. The molecule has 1 saturated carbocycles. The molecule has 0 aromatic carbocycles. The Balaban J connectivity index is 2.61. The van der Waals surface area contributed by atoms with Gasteiger partial charge in [0, 0.05) is 6.92 Å². The van der Waals surface area contributed by atoms with Gasteiger partial charge in [-0.05, 0) is 25.2 Å². The summed E-state index contributed by atoms with van der Waals surface area (Å²) in [6.07, 6.45) is 2.63. The molecule has 1 aliphatic rings. The first-order chi connectivity index (χ1) is 7.90. The molecule has 1 fully saturated rings. The van der Waals surface area contributed by atoms with Gasteiger partial charge < -0.3 is 15.7 Å². The maximum Gasteiger partial charge on any atom is 0.243 e. The van der Waals surface area contributed by atoms with Crippen molar-refractivity contribution in [1.82, 2.24) is 10.6 Å². The fraction of sp³-hybridized carbons (Fsp3) is 0.833. The van der Waals surface area contributed by atoms with Gasteiger partial charge in [0.2, 0.25) is 11.8 Å². The SMILES string of the molecule is CC(=O)NC(C(=O)NC1(CO)CCC1)C(C)C. The van der Waals surface area contributed by atoms with Crippen molar-refractivity contribution >= 4 is 11.8 Å². The Labute approximate surface area is 102 Å². The minimum Gasteiger partial charge on any atom is -0.394 e. The summed E-state index contributed by atoms with van der Waals surface area (Å²) in [7, 11) is 0. The van der Waals surface area contributed by atoms with Crippen molar-refractivity contribution in [2.45, 2.75) is 51.6 Å². The lowest BCUT2D eigenvalue weighted by atomic mass is 9.77. The molecule has 0 aliphatic heterocycles. The number of amides is 2. The summed E-state index contributed by atoms with van der Waals surface area (Å²) < 4.78 is 0. The zero-order valence-electron chi connectivity index (χ0n) is 10.7. The summed E-state index contributed by atoms with van der Waals surface area (Å²) in [5, 5.41) is 14.8. The molecule has 1 atom stereocenters. The van der Waals surface area contributed by atoms with Crippen LogP contribution in [0.1, 0.15) is 40.0 Å². The van der Waals surface area contributed by atoms with E-state index in [-0.39, 0.29) is 24.3 Å². The molecular formula is C12H22N2O3. The highest BCUT2D eigenvalue weighted by molar-refractivity contribution is 5.87. The molecule has 0 aromatic rings. The third-order valence-corrected chi connectivity index (χ3v) is 3.31. The fourth-order valence-corrected chi connectivity index (χ4v) is 2.02. The van der Waals surface area contributed by atoms with Crippen molar-refractivity contribution in [3.8, 4) is 0 Å². The number of rotatable bonds is 5. The predicted molar refractivity (Wildman–Crippen MR) is 64.3 cm³/mol. The average molecular weight is 242 g/mol. The molecule has 1 unspecified atom stereocenters. The van der Waals surface area contributed by atoms with Gasteiger partial charge in [0.25, 0.3) is 0 Å². The third-order valence-electron chi connectivity index (χ3n) is 3.31. The van der Waals surface area contributed by atoms with E-state index < -0.39 is 11.6 Å². The number of carbonyl (C=O) groups is 2. The van der Waals surface area contributed by atoms with Gasteiger partial charge in [-0.3, -0.25) is 9.59 Å². The van der Waals surface area contributed by atoms with Gasteiger partial charge in [0.1, 0.15) is 6.04 Å². The van der Waals surface area contributed by atoms with E-state index in [0.717, 1.165) is 19.3 Å². The van der Waals surface area contributed by atoms with Gasteiger partial charge in [-0.1, -0.05) is 13.8 Å². The molecule has 3 N–H and O–H groups in total. The van der Waals surface area contributed by atoms with Crippen LogP contribution in [0.4, 0.5) is 0 Å². The largest absolute Gasteiger partial charge is 0.394 e. The Morgan fingerprint density at radius 1 is 1.35 bits per heavy atom. The zero-order valence-corrected chi connectivity index (χ0v) is 10.7. The number of nitrogens with one attached hydrogen (secondary N) is 2. The highest BCUT2D eigenvalue weighted by atomic mass is 16.3. The first-order valence-electron chi connectivity index (χ1n) is 6.10. The van der Waals surface area contributed by atoms with E-state index in [4.69, 9.17) is 0 Å². The fourth-order valence-electron chi connectivity index (χ4n) is 2.02. The van der Waals surface area contributed by atoms with Crippen LogP contribution in [0.25, 0.3) is 0 Å². The van der Waals surface area contributed by atoms with Gasteiger partial charge in [0.15, 0.2) is 0 Å². The van der Waals surface area contributed by atoms with E-state index in [1.165, 1.54) is 6.92 Å². The smallest absolute Gasteiger partial charge is 0.243 e. The molecule has 0 saturated heterocycles. The molecule has 5 heteroatoms. The lowest BCUT2D eigenvalue weighted by Gasteiger charge is -2.42. The van der Waals surface area contributed by atoms with Crippen LogP contribution in [-0.4, -0.2) is 35.1 Å². The van der Waals surface area contributed by atoms with Gasteiger partial charge in [-0.25, -0.2) is 0 Å². The Morgan fingerprint density at radius 2 is 1.94 bits per heavy atom. The highest BCUT2D eigenvalue weighted by Gasteiger charge is 2.39. The maximum atomic E-state index is 12.1. The van der Waals surface area contributed by atoms with Crippen LogP contribution in [-0.2, 0) is 9.59 Å². The van der Waals surface area contributed by atoms with Crippen molar-refractivity contribution in [3.05, 3.63) is 0 Å². The minimum absolute atomic E-state index is 0.0229. The van der Waals surface area contributed by atoms with Gasteiger partial charge in [-0.2, -0.15) is 0 Å². The molecule has 0 spiro atoms. The molecule has 2 amide bonds. The van der Waals surface area contributed by atoms with Gasteiger partial charge in [-0.15, -0.1) is 0 Å². The molecular weight excluding hydrogens is 220 g/mol. The van der Waals surface area contributed by atoms with E-state index in [0.29, 0.717) is 0 Å². The second kappa shape index (κ2) is 5.49. The monoisotopic (exact) mass is 242 g/mol. The second-order valence-corrected chi connectivity index (χ2v) is 5.20. The summed E-state index contributed by atoms with van der Waals surface area (Å²) in [4.78, 5) is 23.1. The molecule has 0 radical (unpaired) electrons. The topological polar surface area (TPSA) is 78.4 Å². The van der Waals surface area contributed by atoms with Gasteiger partial charge >= 0.3 is 0 Å². The Kier molecular flexibility index (Phi) is 4.51. The molecule has 0 bridgehead atoms. The van der Waals surface area contributed by atoms with Crippen molar-refractivity contribution in [3.63, 3.8) is 0 Å². The van der Waals surface area contributed by atoms with Crippen LogP contribution in [0.15, 0.2) is 0 Å². The molecule has 17 heavy (non-hydrogen) atoms. The molecule has 98 valence electrons. The Bertz CT molecular complexity index is 293. The van der Waals surface area contributed by atoms with Crippen molar-refractivity contribution in [2.24, 2.45) is 5.92 Å². The zero-order chi connectivity index (χ0) is 13.1. The number of hydrogen-bond donors (Lipinski definition) is 3. The van der Waals surface area contributed by atoms with Crippen LogP contribution in [0, 0.1) is 5.92 Å². The third kappa shape index (κ3) is 3.43. The summed E-state index contributed by atoms with van der Waals surface area (Å²) in [5.74, 6) is -0.399. The van der Waals surface area contributed by atoms with E-state index in [1.807, 2.05) is 13.8 Å². The Morgan fingerprint density at radius 3 is 2.24 bits per heavy atom. The summed E-state index contributed by atoms with van der Waals surface area (Å²) in [6.45, 7) is 5.12. The molecule has 1 rings (SSSR count). The summed E-state index contributed by atoms with van der Waals surface area (Å²) >= 11 is 0. The van der Waals surface area contributed by atoms with E-state index >= 15 is 0 Å². The summed E-state index contributed by atoms with van der Waals surface area (Å²) in [5.41, 5.74) is -0.456. The lowest BCUT2D eigenvalue weighted by Crippen LogP contribution is -2.61. The van der Waals surface area contributed by atoms with Crippen molar-refractivity contribution in [2.75, 3.05) is 6.61 Å². The van der Waals surface area contributed by atoms with Crippen LogP contribution in [0.5, 0.6) is 0 Å². The second-order valence-electron chi connectivity index (χ2n) is 5.20. The van der Waals surface area contributed by atoms with Crippen molar-refractivity contribution in [1.29, 1.82) is 0 Å². The maximum absolute atomic E-state index is 12.1. The number of aliphatic hydroxyl groups excluding tert-OH is 1. The Hall–Kier alpha value is -1.10. The van der Waals surface area contributed by atoms with E-state index in [9.17, 15) is 14.7 Å². The van der Waals surface area contributed by atoms with Crippen LogP contribution < -0.4 is 10.6 Å². The minimum atomic E-state index is -0.531. The lowest BCUT2D eigenvalue weighted by molar-refractivity contribution is -0.132. The summed E-state index contributed by atoms with van der Waals surface area (Å²) in [6, 6.07) is -0.531. The number of hydrogen-bond acceptors (Lipinski definition) is 3. The van der Waals surface area contributed by atoms with Crippen LogP contribution in [0.3, 0.4) is 0 Å². The first kappa shape index (κ1) is 14.0. The van der Waals surface area contributed by atoms with Crippen LogP contribution in [0.2, 0.25) is 0 Å². The number of aliphatic hydroxyl groups is 1. The average Bonchev–Trinajstić information content (AvgIpc) is 2.19. The first-order valence-corrected chi connectivity index (χ1v) is 6.10. The van der Waals surface area contributed by atoms with E-state index in [1.54, 1.807) is 0 Å². The van der Waals surface area contributed by atoms with Gasteiger partial charge in [0.05, 0.1) is 12.1 Å². The number of carbonyl (C=O) groups excluding carboxylic acids is 2. The molecule has 0 heterocycles. The molecule has 5 nitrogen and oxygen atoms in total. The quantitative estimate of drug-likeness (QED) is 0.643. The predicted octanol–water partition coefficient (Wildman–Crippen LogP) is 0.178. The van der Waals surface area contributed by atoms with Crippen molar-refractivity contribution < 1.29 is 14.7 Å². The molecule has 1 aliphatic carbocycles. The van der Waals surface area contributed by atoms with Crippen LogP contribution >= 0.6 is 0 Å². The normalized spacial score (nSPS) is 19.4. The standard InChI is InChI=1S/C12H22N2O3/c1-8(2)10(13-9(3)16)11(17)14-12(7-15)5-4-6-12/h8,10,15H,4-7H2,1-3H3,(H,13,16)(H,14,17). The van der Waals surface area contributed by atoms with E-state index in [2.05, 4.69) is 10.6 Å².